The molecule has 108 valence electrons. The van der Waals surface area contributed by atoms with E-state index in [4.69, 9.17) is 0 Å². The highest BCUT2D eigenvalue weighted by Gasteiger charge is 2.33. The fraction of sp³-hybridized carbons (Fsp3) is 0.714. The van der Waals surface area contributed by atoms with Gasteiger partial charge >= 0.3 is 0 Å². The Balaban J connectivity index is 1.46. The Morgan fingerprint density at radius 1 is 1.20 bits per heavy atom. The van der Waals surface area contributed by atoms with Gasteiger partial charge in [0.15, 0.2) is 5.69 Å². The summed E-state index contributed by atoms with van der Waals surface area (Å²) in [6.45, 7) is 5.43. The molecular formula is C14H21N5O. The molecule has 1 saturated heterocycles. The fourth-order valence-corrected chi connectivity index (χ4v) is 3.28. The van der Waals surface area contributed by atoms with E-state index in [9.17, 15) is 4.79 Å². The zero-order chi connectivity index (χ0) is 13.5. The predicted octanol–water partition coefficient (Wildman–Crippen LogP) is -0.0244. The number of carbonyl (C=O) groups excluding carboxylic acids is 1. The Bertz CT molecular complexity index is 514. The number of aromatic nitrogens is 2. The average Bonchev–Trinajstić information content (AvgIpc) is 3.26. The van der Waals surface area contributed by atoms with E-state index in [0.717, 1.165) is 63.0 Å². The largest absolute Gasteiger partial charge is 0.335 e. The molecule has 0 bridgehead atoms. The van der Waals surface area contributed by atoms with Crippen molar-refractivity contribution >= 4 is 5.91 Å². The zero-order valence-corrected chi connectivity index (χ0v) is 11.7. The minimum Gasteiger partial charge on any atom is -0.335 e. The molecule has 0 spiro atoms. The van der Waals surface area contributed by atoms with Crippen molar-refractivity contribution in [2.75, 3.05) is 32.7 Å². The van der Waals surface area contributed by atoms with Crippen molar-refractivity contribution in [3.63, 3.8) is 0 Å². The Hall–Kier alpha value is -1.40. The van der Waals surface area contributed by atoms with Crippen LogP contribution in [0.5, 0.6) is 0 Å². The van der Waals surface area contributed by atoms with E-state index in [1.54, 1.807) is 0 Å². The Labute approximate surface area is 118 Å². The zero-order valence-electron chi connectivity index (χ0n) is 11.7. The van der Waals surface area contributed by atoms with Gasteiger partial charge < -0.3 is 10.2 Å². The summed E-state index contributed by atoms with van der Waals surface area (Å²) in [4.78, 5) is 17.1. The first-order valence-electron chi connectivity index (χ1n) is 7.63. The van der Waals surface area contributed by atoms with E-state index in [1.165, 1.54) is 12.8 Å². The molecule has 0 atom stereocenters. The number of H-pyrrole nitrogens is 1. The van der Waals surface area contributed by atoms with Crippen molar-refractivity contribution in [2.45, 2.75) is 31.8 Å². The summed E-state index contributed by atoms with van der Waals surface area (Å²) in [6, 6.07) is 0.801. The molecule has 1 aromatic heterocycles. The molecule has 6 nitrogen and oxygen atoms in total. The summed E-state index contributed by atoms with van der Waals surface area (Å²) in [5, 5.41) is 10.6. The predicted molar refractivity (Wildman–Crippen MR) is 74.5 cm³/mol. The highest BCUT2D eigenvalue weighted by Crippen LogP contribution is 2.27. The summed E-state index contributed by atoms with van der Waals surface area (Å²) in [7, 11) is 0. The van der Waals surface area contributed by atoms with Crippen LogP contribution >= 0.6 is 0 Å². The second-order valence-corrected chi connectivity index (χ2v) is 6.02. The number of hydrogen-bond acceptors (Lipinski definition) is 4. The normalized spacial score (nSPS) is 23.7. The molecule has 2 aliphatic heterocycles. The van der Waals surface area contributed by atoms with Crippen molar-refractivity contribution in [3.05, 3.63) is 17.0 Å². The molecule has 4 rings (SSSR count). The summed E-state index contributed by atoms with van der Waals surface area (Å²) < 4.78 is 0. The topological polar surface area (TPSA) is 64.3 Å². The van der Waals surface area contributed by atoms with E-state index in [-0.39, 0.29) is 5.91 Å². The van der Waals surface area contributed by atoms with Gasteiger partial charge in [0.25, 0.3) is 5.91 Å². The quantitative estimate of drug-likeness (QED) is 0.796. The summed E-state index contributed by atoms with van der Waals surface area (Å²) in [5.74, 6) is 0.0987. The van der Waals surface area contributed by atoms with Crippen LogP contribution in [0.25, 0.3) is 0 Å². The first-order valence-corrected chi connectivity index (χ1v) is 7.63. The van der Waals surface area contributed by atoms with Crippen LogP contribution in [0.3, 0.4) is 0 Å². The van der Waals surface area contributed by atoms with Crippen LogP contribution in [0, 0.1) is 0 Å². The number of nitrogens with one attached hydrogen (secondary N) is 2. The lowest BCUT2D eigenvalue weighted by Gasteiger charge is -2.34. The van der Waals surface area contributed by atoms with Crippen molar-refractivity contribution in [1.82, 2.24) is 25.3 Å². The van der Waals surface area contributed by atoms with Crippen LogP contribution in [0.2, 0.25) is 0 Å². The van der Waals surface area contributed by atoms with Gasteiger partial charge in [0, 0.05) is 63.0 Å². The third-order valence-corrected chi connectivity index (χ3v) is 4.67. The van der Waals surface area contributed by atoms with Crippen LogP contribution < -0.4 is 5.32 Å². The number of piperazine rings is 1. The molecule has 2 N–H and O–H groups in total. The summed E-state index contributed by atoms with van der Waals surface area (Å²) in [5.41, 5.74) is 2.83. The van der Waals surface area contributed by atoms with Gasteiger partial charge in [0.1, 0.15) is 0 Å². The number of hydrogen-bond donors (Lipinski definition) is 2. The van der Waals surface area contributed by atoms with Crippen molar-refractivity contribution in [3.8, 4) is 0 Å². The molecule has 1 amide bonds. The molecule has 3 heterocycles. The van der Waals surface area contributed by atoms with Crippen LogP contribution in [-0.2, 0) is 13.0 Å². The number of fused-ring (bicyclic) bond motifs is 1. The minimum absolute atomic E-state index is 0.0987. The first kappa shape index (κ1) is 12.3. The Morgan fingerprint density at radius 3 is 2.75 bits per heavy atom. The molecule has 20 heavy (non-hydrogen) atoms. The lowest BCUT2D eigenvalue weighted by Crippen LogP contribution is -2.49. The number of aromatic amines is 1. The van der Waals surface area contributed by atoms with Gasteiger partial charge in [0.05, 0.1) is 0 Å². The molecule has 0 aromatic carbocycles. The third kappa shape index (κ3) is 2.13. The minimum atomic E-state index is 0.0987. The van der Waals surface area contributed by atoms with Crippen LogP contribution in [0.4, 0.5) is 0 Å². The molecule has 1 aromatic rings. The molecule has 2 fully saturated rings. The highest BCUT2D eigenvalue weighted by molar-refractivity contribution is 5.94. The highest BCUT2D eigenvalue weighted by atomic mass is 16.2. The molecule has 1 aliphatic carbocycles. The van der Waals surface area contributed by atoms with Gasteiger partial charge in [-0.05, 0) is 12.8 Å². The summed E-state index contributed by atoms with van der Waals surface area (Å²) in [6.07, 6.45) is 3.62. The van der Waals surface area contributed by atoms with E-state index < -0.39 is 0 Å². The second kappa shape index (κ2) is 4.86. The van der Waals surface area contributed by atoms with E-state index >= 15 is 0 Å². The number of rotatable bonds is 2. The van der Waals surface area contributed by atoms with Gasteiger partial charge in [-0.2, -0.15) is 5.10 Å². The maximum absolute atomic E-state index is 12.6. The smallest absolute Gasteiger partial charge is 0.274 e. The maximum Gasteiger partial charge on any atom is 0.274 e. The molecule has 1 saturated carbocycles. The maximum atomic E-state index is 12.6. The Kier molecular flexibility index (Phi) is 3.00. The van der Waals surface area contributed by atoms with Crippen LogP contribution in [0.1, 0.15) is 34.6 Å². The van der Waals surface area contributed by atoms with Crippen LogP contribution in [0.15, 0.2) is 0 Å². The van der Waals surface area contributed by atoms with Crippen LogP contribution in [-0.4, -0.2) is 64.7 Å². The molecule has 6 heteroatoms. The van der Waals surface area contributed by atoms with E-state index in [0.29, 0.717) is 5.69 Å². The molecule has 0 unspecified atom stereocenters. The number of amides is 1. The standard InChI is InChI=1S/C14H21N5O/c20-14(13-11-9-15-4-3-12(11)16-17-13)19-7-5-18(6-8-19)10-1-2-10/h10,15H,1-9H2,(H,16,17). The summed E-state index contributed by atoms with van der Waals surface area (Å²) >= 11 is 0. The van der Waals surface area contributed by atoms with Crippen molar-refractivity contribution in [1.29, 1.82) is 0 Å². The first-order chi connectivity index (χ1) is 9.83. The van der Waals surface area contributed by atoms with Gasteiger partial charge in [-0.15, -0.1) is 0 Å². The second-order valence-electron chi connectivity index (χ2n) is 6.02. The fourth-order valence-electron chi connectivity index (χ4n) is 3.28. The van der Waals surface area contributed by atoms with Gasteiger partial charge in [0.2, 0.25) is 0 Å². The monoisotopic (exact) mass is 275 g/mol. The molecule has 0 radical (unpaired) electrons. The SMILES string of the molecule is O=C(c1n[nH]c2c1CNCC2)N1CCN(C2CC2)CC1. The van der Waals surface area contributed by atoms with E-state index in [2.05, 4.69) is 20.4 Å². The van der Waals surface area contributed by atoms with Gasteiger partial charge in [-0.1, -0.05) is 0 Å². The Morgan fingerprint density at radius 2 is 2.00 bits per heavy atom. The number of nitrogens with zero attached hydrogens (tertiary/aromatic N) is 3. The van der Waals surface area contributed by atoms with Gasteiger partial charge in [-0.3, -0.25) is 14.8 Å². The lowest BCUT2D eigenvalue weighted by atomic mass is 10.1. The molecular weight excluding hydrogens is 254 g/mol. The van der Waals surface area contributed by atoms with Crippen molar-refractivity contribution in [2.24, 2.45) is 0 Å². The van der Waals surface area contributed by atoms with Gasteiger partial charge in [-0.25, -0.2) is 0 Å². The van der Waals surface area contributed by atoms with Crippen molar-refractivity contribution < 1.29 is 4.79 Å². The third-order valence-electron chi connectivity index (χ3n) is 4.67. The lowest BCUT2D eigenvalue weighted by molar-refractivity contribution is 0.0620. The average molecular weight is 275 g/mol. The number of carbonyl (C=O) groups is 1. The molecule has 3 aliphatic rings. The van der Waals surface area contributed by atoms with E-state index in [1.807, 2.05) is 4.90 Å².